The fraction of sp³-hybridized carbons (Fsp3) is 0.235. The van der Waals surface area contributed by atoms with E-state index >= 15 is 0 Å². The van der Waals surface area contributed by atoms with Crippen molar-refractivity contribution in [2.45, 2.75) is 13.0 Å². The molecule has 0 radical (unpaired) electrons. The number of anilines is 1. The predicted molar refractivity (Wildman–Crippen MR) is 94.5 cm³/mol. The molecule has 0 aliphatic rings. The summed E-state index contributed by atoms with van der Waals surface area (Å²) in [6, 6.07) is 12.6. The van der Waals surface area contributed by atoms with Crippen molar-refractivity contribution in [3.05, 3.63) is 58.1 Å². The summed E-state index contributed by atoms with van der Waals surface area (Å²) in [5.41, 5.74) is 1.57. The Morgan fingerprint density at radius 2 is 1.91 bits per heavy atom. The number of nitrogens with one attached hydrogen (secondary N) is 2. The van der Waals surface area contributed by atoms with E-state index in [0.29, 0.717) is 21.5 Å². The van der Waals surface area contributed by atoms with Crippen LogP contribution >= 0.6 is 23.2 Å². The van der Waals surface area contributed by atoms with Crippen LogP contribution in [0.25, 0.3) is 0 Å². The van der Waals surface area contributed by atoms with E-state index in [-0.39, 0.29) is 18.5 Å². The maximum absolute atomic E-state index is 12.0. The van der Waals surface area contributed by atoms with Gasteiger partial charge in [-0.15, -0.1) is 0 Å². The van der Waals surface area contributed by atoms with E-state index in [1.807, 2.05) is 31.2 Å². The second-order valence-electron chi connectivity index (χ2n) is 5.02. The molecule has 122 valence electrons. The first-order chi connectivity index (χ1) is 11.0. The number of carbonyl (C=O) groups excluding carboxylic acids is 1. The average molecular weight is 353 g/mol. The Kier molecular flexibility index (Phi) is 6.28. The highest BCUT2D eigenvalue weighted by Crippen LogP contribution is 2.27. The van der Waals surface area contributed by atoms with E-state index < -0.39 is 0 Å². The van der Waals surface area contributed by atoms with Gasteiger partial charge < -0.3 is 15.4 Å². The minimum absolute atomic E-state index is 0.0334. The predicted octanol–water partition coefficient (Wildman–Crippen LogP) is 4.29. The molecule has 2 rings (SSSR count). The zero-order valence-corrected chi connectivity index (χ0v) is 14.4. The molecule has 0 aliphatic heterocycles. The van der Waals surface area contributed by atoms with Gasteiger partial charge in [-0.2, -0.15) is 0 Å². The summed E-state index contributed by atoms with van der Waals surface area (Å²) in [5, 5.41) is 7.05. The third-order valence-corrected chi connectivity index (χ3v) is 4.02. The number of halogens is 2. The summed E-state index contributed by atoms with van der Waals surface area (Å²) in [7, 11) is 1.54. The third kappa shape index (κ3) is 4.86. The van der Waals surface area contributed by atoms with Gasteiger partial charge in [0.15, 0.2) is 0 Å². The van der Waals surface area contributed by atoms with Crippen LogP contribution in [0, 0.1) is 0 Å². The molecule has 23 heavy (non-hydrogen) atoms. The van der Waals surface area contributed by atoms with Crippen LogP contribution in [0.5, 0.6) is 5.75 Å². The molecule has 2 N–H and O–H groups in total. The van der Waals surface area contributed by atoms with E-state index in [9.17, 15) is 4.79 Å². The Hall–Kier alpha value is -1.75. The van der Waals surface area contributed by atoms with Crippen LogP contribution in [0.3, 0.4) is 0 Å². The first-order valence-electron chi connectivity index (χ1n) is 7.12. The molecule has 0 fully saturated rings. The maximum atomic E-state index is 12.0. The lowest BCUT2D eigenvalue weighted by molar-refractivity contribution is -0.115. The molecule has 2 aromatic rings. The molecule has 0 unspecified atom stereocenters. The third-order valence-electron chi connectivity index (χ3n) is 3.38. The molecule has 4 nitrogen and oxygen atoms in total. The van der Waals surface area contributed by atoms with Crippen LogP contribution < -0.4 is 15.4 Å². The first kappa shape index (κ1) is 17.6. The Labute approximate surface area is 145 Å². The quantitative estimate of drug-likeness (QED) is 0.815. The van der Waals surface area contributed by atoms with Gasteiger partial charge in [0.1, 0.15) is 5.75 Å². The van der Waals surface area contributed by atoms with Crippen molar-refractivity contribution in [2.75, 3.05) is 19.0 Å². The number of benzene rings is 2. The number of ether oxygens (including phenoxy) is 1. The summed E-state index contributed by atoms with van der Waals surface area (Å²) in [4.78, 5) is 12.0. The van der Waals surface area contributed by atoms with Crippen molar-refractivity contribution >= 4 is 34.8 Å². The fourth-order valence-electron chi connectivity index (χ4n) is 2.13. The molecule has 6 heteroatoms. The second-order valence-corrected chi connectivity index (χ2v) is 5.84. The van der Waals surface area contributed by atoms with E-state index in [0.717, 1.165) is 5.56 Å². The fourth-order valence-corrected chi connectivity index (χ4v) is 2.69. The first-order valence-corrected chi connectivity index (χ1v) is 7.88. The van der Waals surface area contributed by atoms with Gasteiger partial charge in [0.05, 0.1) is 18.7 Å². The summed E-state index contributed by atoms with van der Waals surface area (Å²) in [6.07, 6.45) is 0. The molecular formula is C17H18Cl2N2O2. The number of carbonyl (C=O) groups is 1. The summed E-state index contributed by atoms with van der Waals surface area (Å²) < 4.78 is 5.07. The highest BCUT2D eigenvalue weighted by molar-refractivity contribution is 6.32. The van der Waals surface area contributed by atoms with E-state index in [2.05, 4.69) is 10.6 Å². The molecule has 0 bridgehead atoms. The SMILES string of the molecule is COc1ccc(NC(=O)CN[C@H](C)c2ccccc2Cl)cc1Cl. The molecule has 1 atom stereocenters. The standard InChI is InChI=1S/C17H18Cl2N2O2/c1-11(13-5-3-4-6-14(13)18)20-10-17(22)21-12-7-8-16(23-2)15(19)9-12/h3-9,11,20H,10H2,1-2H3,(H,21,22)/t11-/m1/s1. The van der Waals surface area contributed by atoms with Crippen molar-refractivity contribution in [1.29, 1.82) is 0 Å². The minimum Gasteiger partial charge on any atom is -0.495 e. The van der Waals surface area contributed by atoms with Crippen LogP contribution in [-0.2, 0) is 4.79 Å². The van der Waals surface area contributed by atoms with Gasteiger partial charge in [-0.05, 0) is 36.8 Å². The Bertz CT molecular complexity index is 692. The largest absolute Gasteiger partial charge is 0.495 e. The minimum atomic E-state index is -0.162. The van der Waals surface area contributed by atoms with Crippen molar-refractivity contribution in [3.8, 4) is 5.75 Å². The van der Waals surface area contributed by atoms with Crippen molar-refractivity contribution < 1.29 is 9.53 Å². The molecule has 0 spiro atoms. The van der Waals surface area contributed by atoms with Gasteiger partial charge in [0, 0.05) is 16.8 Å². The number of rotatable bonds is 6. The van der Waals surface area contributed by atoms with E-state index in [1.54, 1.807) is 25.3 Å². The monoisotopic (exact) mass is 352 g/mol. The molecule has 0 heterocycles. The zero-order chi connectivity index (χ0) is 16.8. The van der Waals surface area contributed by atoms with Crippen molar-refractivity contribution in [2.24, 2.45) is 0 Å². The van der Waals surface area contributed by atoms with Gasteiger partial charge in [-0.1, -0.05) is 41.4 Å². The van der Waals surface area contributed by atoms with Crippen LogP contribution in [0.1, 0.15) is 18.5 Å². The molecule has 2 aromatic carbocycles. The lowest BCUT2D eigenvalue weighted by Crippen LogP contribution is -2.30. The molecular weight excluding hydrogens is 335 g/mol. The number of hydrogen-bond acceptors (Lipinski definition) is 3. The lowest BCUT2D eigenvalue weighted by atomic mass is 10.1. The Morgan fingerprint density at radius 3 is 2.57 bits per heavy atom. The van der Waals surface area contributed by atoms with Gasteiger partial charge in [0.25, 0.3) is 0 Å². The van der Waals surface area contributed by atoms with Crippen LogP contribution in [0.15, 0.2) is 42.5 Å². The smallest absolute Gasteiger partial charge is 0.238 e. The van der Waals surface area contributed by atoms with Gasteiger partial charge in [-0.3, -0.25) is 4.79 Å². The summed E-state index contributed by atoms with van der Waals surface area (Å²) >= 11 is 12.2. The molecule has 0 saturated heterocycles. The van der Waals surface area contributed by atoms with Gasteiger partial charge in [0.2, 0.25) is 5.91 Å². The van der Waals surface area contributed by atoms with Crippen LogP contribution in [0.4, 0.5) is 5.69 Å². The van der Waals surface area contributed by atoms with Crippen molar-refractivity contribution in [1.82, 2.24) is 5.32 Å². The highest BCUT2D eigenvalue weighted by atomic mass is 35.5. The maximum Gasteiger partial charge on any atom is 0.238 e. The van der Waals surface area contributed by atoms with Gasteiger partial charge >= 0.3 is 0 Å². The lowest BCUT2D eigenvalue weighted by Gasteiger charge is -2.15. The van der Waals surface area contributed by atoms with Crippen LogP contribution in [-0.4, -0.2) is 19.6 Å². The molecule has 0 aliphatic carbocycles. The number of methoxy groups -OCH3 is 1. The average Bonchev–Trinajstić information content (AvgIpc) is 2.53. The summed E-state index contributed by atoms with van der Waals surface area (Å²) in [5.74, 6) is 0.403. The second kappa shape index (κ2) is 8.20. The van der Waals surface area contributed by atoms with E-state index in [1.165, 1.54) is 0 Å². The zero-order valence-electron chi connectivity index (χ0n) is 12.9. The molecule has 0 saturated carbocycles. The Balaban J connectivity index is 1.90. The Morgan fingerprint density at radius 1 is 1.17 bits per heavy atom. The number of hydrogen-bond donors (Lipinski definition) is 2. The number of amides is 1. The summed E-state index contributed by atoms with van der Waals surface area (Å²) in [6.45, 7) is 2.12. The van der Waals surface area contributed by atoms with Crippen LogP contribution in [0.2, 0.25) is 10.0 Å². The molecule has 1 amide bonds. The normalized spacial score (nSPS) is 11.8. The topological polar surface area (TPSA) is 50.4 Å². The highest BCUT2D eigenvalue weighted by Gasteiger charge is 2.11. The van der Waals surface area contributed by atoms with E-state index in [4.69, 9.17) is 27.9 Å². The van der Waals surface area contributed by atoms with Crippen molar-refractivity contribution in [3.63, 3.8) is 0 Å². The molecule has 0 aromatic heterocycles. The van der Waals surface area contributed by atoms with Gasteiger partial charge in [-0.25, -0.2) is 0 Å².